The van der Waals surface area contributed by atoms with Gasteiger partial charge in [-0.1, -0.05) is 11.6 Å². The molecule has 0 radical (unpaired) electrons. The highest BCUT2D eigenvalue weighted by atomic mass is 35.5. The normalized spacial score (nSPS) is 27.4. The molecule has 158 valence electrons. The quantitative estimate of drug-likeness (QED) is 0.711. The summed E-state index contributed by atoms with van der Waals surface area (Å²) in [7, 11) is 0. The average Bonchev–Trinajstić information content (AvgIpc) is 3.28. The zero-order valence-electron chi connectivity index (χ0n) is 16.0. The highest BCUT2D eigenvalue weighted by Gasteiger charge is 2.48. The van der Waals surface area contributed by atoms with E-state index < -0.39 is 24.2 Å². The predicted octanol–water partition coefficient (Wildman–Crippen LogP) is 5.19. The average molecular weight is 431 g/mol. The van der Waals surface area contributed by atoms with Gasteiger partial charge >= 0.3 is 6.18 Å². The van der Waals surface area contributed by atoms with E-state index in [-0.39, 0.29) is 35.0 Å². The summed E-state index contributed by atoms with van der Waals surface area (Å²) in [6.07, 6.45) is -0.783. The Morgan fingerprint density at radius 1 is 1.31 bits per heavy atom. The van der Waals surface area contributed by atoms with E-state index in [1.807, 2.05) is 13.8 Å². The van der Waals surface area contributed by atoms with Crippen LogP contribution in [0.2, 0.25) is 5.02 Å². The molecule has 2 aromatic heterocycles. The van der Waals surface area contributed by atoms with Gasteiger partial charge in [0.05, 0.1) is 12.3 Å². The molecule has 10 heteroatoms. The van der Waals surface area contributed by atoms with Crippen LogP contribution in [0.5, 0.6) is 0 Å². The number of piperidine rings is 1. The third-order valence-electron chi connectivity index (χ3n) is 5.81. The molecule has 1 amide bonds. The fourth-order valence-electron chi connectivity index (χ4n) is 4.35. The number of halogens is 4. The topological polar surface area (TPSA) is 63.3 Å². The van der Waals surface area contributed by atoms with Gasteiger partial charge in [-0.3, -0.25) is 4.79 Å². The van der Waals surface area contributed by atoms with Crippen LogP contribution in [0.4, 0.5) is 19.0 Å². The number of nitrogens with zero attached hydrogens (tertiary/aromatic N) is 3. The standard InChI is InChI=1S/C19H22ClF3N4O2/c1-10-5-3-6-11(2)26(10)18(28)16-15(20)17-24-12(13-7-4-8-29-13)9-14(19(21,22)23)27(17)25-16/h4,7-8,10-12,14,24H,3,5-6,9H2,1-2H3/t10-,11+,12-,14-/m1/s1. The number of aromatic nitrogens is 2. The lowest BCUT2D eigenvalue weighted by molar-refractivity contribution is -0.174. The number of alkyl halides is 3. The van der Waals surface area contributed by atoms with Gasteiger partial charge < -0.3 is 14.6 Å². The molecule has 0 aliphatic carbocycles. The van der Waals surface area contributed by atoms with Crippen molar-refractivity contribution in [1.29, 1.82) is 0 Å². The first-order chi connectivity index (χ1) is 13.7. The Kier molecular flexibility index (Phi) is 5.04. The van der Waals surface area contributed by atoms with Crippen molar-refractivity contribution in [2.45, 2.75) is 69.9 Å². The van der Waals surface area contributed by atoms with Crippen LogP contribution in [0.3, 0.4) is 0 Å². The molecule has 2 aromatic rings. The summed E-state index contributed by atoms with van der Waals surface area (Å²) in [6.45, 7) is 3.86. The van der Waals surface area contributed by atoms with Gasteiger partial charge in [-0.2, -0.15) is 18.3 Å². The van der Waals surface area contributed by atoms with Gasteiger partial charge in [0.1, 0.15) is 16.6 Å². The minimum Gasteiger partial charge on any atom is -0.467 e. The number of hydrogen-bond acceptors (Lipinski definition) is 4. The van der Waals surface area contributed by atoms with Crippen LogP contribution in [0.15, 0.2) is 22.8 Å². The molecule has 2 aliphatic rings. The van der Waals surface area contributed by atoms with E-state index in [1.54, 1.807) is 17.0 Å². The Balaban J connectivity index is 1.74. The van der Waals surface area contributed by atoms with Gasteiger partial charge in [0, 0.05) is 18.5 Å². The van der Waals surface area contributed by atoms with E-state index in [4.69, 9.17) is 16.0 Å². The van der Waals surface area contributed by atoms with Crippen molar-refractivity contribution < 1.29 is 22.4 Å². The van der Waals surface area contributed by atoms with E-state index in [0.717, 1.165) is 23.9 Å². The van der Waals surface area contributed by atoms with Crippen LogP contribution < -0.4 is 5.32 Å². The summed E-state index contributed by atoms with van der Waals surface area (Å²) in [5.74, 6) is -0.0786. The van der Waals surface area contributed by atoms with Crippen molar-refractivity contribution in [3.05, 3.63) is 34.9 Å². The molecular weight excluding hydrogens is 409 g/mol. The van der Waals surface area contributed by atoms with Crippen LogP contribution >= 0.6 is 11.6 Å². The highest BCUT2D eigenvalue weighted by Crippen LogP contribution is 2.46. The molecule has 4 atom stereocenters. The summed E-state index contributed by atoms with van der Waals surface area (Å²) >= 11 is 6.40. The second kappa shape index (κ2) is 7.27. The van der Waals surface area contributed by atoms with Crippen LogP contribution in [0, 0.1) is 0 Å². The Bertz CT molecular complexity index is 886. The van der Waals surface area contributed by atoms with Gasteiger partial charge in [-0.25, -0.2) is 4.68 Å². The zero-order chi connectivity index (χ0) is 20.9. The third-order valence-corrected chi connectivity index (χ3v) is 6.17. The Labute approximate surface area is 171 Å². The molecule has 0 bridgehead atoms. The first-order valence-corrected chi connectivity index (χ1v) is 10.0. The molecular formula is C19H22ClF3N4O2. The van der Waals surface area contributed by atoms with Crippen LogP contribution in [0.1, 0.15) is 67.9 Å². The summed E-state index contributed by atoms with van der Waals surface area (Å²) in [5, 5.41) is 6.92. The lowest BCUT2D eigenvalue weighted by Crippen LogP contribution is -2.47. The second-order valence-corrected chi connectivity index (χ2v) is 8.18. The molecule has 1 fully saturated rings. The van der Waals surface area contributed by atoms with Crippen molar-refractivity contribution in [3.8, 4) is 0 Å². The van der Waals surface area contributed by atoms with E-state index in [2.05, 4.69) is 10.4 Å². The van der Waals surface area contributed by atoms with Crippen molar-refractivity contribution in [3.63, 3.8) is 0 Å². The predicted molar refractivity (Wildman–Crippen MR) is 101 cm³/mol. The molecule has 1 N–H and O–H groups in total. The third kappa shape index (κ3) is 3.49. The molecule has 29 heavy (non-hydrogen) atoms. The maximum atomic E-state index is 13.8. The van der Waals surface area contributed by atoms with Crippen molar-refractivity contribution in [2.75, 3.05) is 5.32 Å². The lowest BCUT2D eigenvalue weighted by Gasteiger charge is -2.38. The molecule has 4 rings (SSSR count). The number of carbonyl (C=O) groups excluding carboxylic acids is 1. The van der Waals surface area contributed by atoms with Gasteiger partial charge in [-0.05, 0) is 45.2 Å². The SMILES string of the molecule is C[C@@H]1CCC[C@H](C)N1C(=O)c1nn2c(c1Cl)N[C@@H](c1ccco1)C[C@@H]2C(F)(F)F. The minimum absolute atomic E-state index is 0.0118. The smallest absolute Gasteiger partial charge is 0.410 e. The first-order valence-electron chi connectivity index (χ1n) is 9.65. The van der Waals surface area contributed by atoms with Crippen LogP contribution in [-0.2, 0) is 0 Å². The Morgan fingerprint density at radius 3 is 2.59 bits per heavy atom. The molecule has 0 unspecified atom stereocenters. The number of fused-ring (bicyclic) bond motifs is 1. The number of rotatable bonds is 2. The lowest BCUT2D eigenvalue weighted by atomic mass is 9.97. The largest absolute Gasteiger partial charge is 0.467 e. The van der Waals surface area contributed by atoms with E-state index in [9.17, 15) is 18.0 Å². The van der Waals surface area contributed by atoms with Crippen LogP contribution in [0.25, 0.3) is 0 Å². The molecule has 6 nitrogen and oxygen atoms in total. The highest BCUT2D eigenvalue weighted by molar-refractivity contribution is 6.36. The monoisotopic (exact) mass is 430 g/mol. The Hall–Kier alpha value is -2.16. The molecule has 4 heterocycles. The molecule has 2 aliphatic heterocycles. The van der Waals surface area contributed by atoms with Crippen molar-refractivity contribution in [1.82, 2.24) is 14.7 Å². The summed E-state index contributed by atoms with van der Waals surface area (Å²) in [6, 6.07) is 0.528. The fourth-order valence-corrected chi connectivity index (χ4v) is 4.61. The maximum absolute atomic E-state index is 13.8. The van der Waals surface area contributed by atoms with Gasteiger partial charge in [0.2, 0.25) is 0 Å². The number of carbonyl (C=O) groups is 1. The van der Waals surface area contributed by atoms with Crippen molar-refractivity contribution in [2.24, 2.45) is 0 Å². The van der Waals surface area contributed by atoms with Gasteiger partial charge in [0.25, 0.3) is 5.91 Å². The second-order valence-electron chi connectivity index (χ2n) is 7.80. The van der Waals surface area contributed by atoms with E-state index in [1.165, 1.54) is 6.26 Å². The van der Waals surface area contributed by atoms with Crippen molar-refractivity contribution >= 4 is 23.3 Å². The van der Waals surface area contributed by atoms with E-state index in [0.29, 0.717) is 5.76 Å². The number of hydrogen-bond donors (Lipinski definition) is 1. The number of nitrogens with one attached hydrogen (secondary N) is 1. The number of anilines is 1. The Morgan fingerprint density at radius 2 is 2.00 bits per heavy atom. The molecule has 0 aromatic carbocycles. The summed E-state index contributed by atoms with van der Waals surface area (Å²) in [4.78, 5) is 14.8. The van der Waals surface area contributed by atoms with E-state index >= 15 is 0 Å². The number of amides is 1. The number of furan rings is 1. The fraction of sp³-hybridized carbons (Fsp3) is 0.579. The molecule has 0 spiro atoms. The van der Waals surface area contributed by atoms with Gasteiger partial charge in [-0.15, -0.1) is 0 Å². The first kappa shape index (κ1) is 20.1. The maximum Gasteiger partial charge on any atom is 0.410 e. The zero-order valence-corrected chi connectivity index (χ0v) is 16.8. The van der Waals surface area contributed by atoms with Gasteiger partial charge in [0.15, 0.2) is 11.7 Å². The summed E-state index contributed by atoms with van der Waals surface area (Å²) in [5.41, 5.74) is -0.149. The van der Waals surface area contributed by atoms with Crippen LogP contribution in [-0.4, -0.2) is 38.8 Å². The molecule has 0 saturated carbocycles. The minimum atomic E-state index is -4.55. The number of likely N-dealkylation sites (tertiary alicyclic amines) is 1. The molecule has 1 saturated heterocycles. The summed E-state index contributed by atoms with van der Waals surface area (Å²) < 4.78 is 47.5.